The number of aryl methyl sites for hydroxylation is 2. The molecule has 0 aliphatic rings. The summed E-state index contributed by atoms with van der Waals surface area (Å²) >= 11 is 0. The van der Waals surface area contributed by atoms with Gasteiger partial charge in [-0.1, -0.05) is 30.3 Å². The molecular weight excluding hydrogens is 354 g/mol. The lowest BCUT2D eigenvalue weighted by Crippen LogP contribution is -2.39. The number of aromatic nitrogens is 2. The Labute approximate surface area is 164 Å². The largest absolute Gasteiger partial charge is 0.494 e. The summed E-state index contributed by atoms with van der Waals surface area (Å²) in [5.74, 6) is 0.381. The highest BCUT2D eigenvalue weighted by molar-refractivity contribution is 5.95. The number of aliphatic hydroxyl groups is 1. The predicted octanol–water partition coefficient (Wildman–Crippen LogP) is 2.83. The van der Waals surface area contributed by atoms with Crippen molar-refractivity contribution in [1.82, 2.24) is 15.1 Å². The van der Waals surface area contributed by atoms with Gasteiger partial charge >= 0.3 is 0 Å². The Kier molecular flexibility index (Phi) is 6.11. The van der Waals surface area contributed by atoms with Crippen LogP contribution in [0, 0.1) is 13.8 Å². The number of benzene rings is 2. The average Bonchev–Trinajstić information content (AvgIpc) is 3.05. The molecule has 0 fully saturated rings. The van der Waals surface area contributed by atoms with Crippen LogP contribution in [-0.2, 0) is 6.42 Å². The fourth-order valence-electron chi connectivity index (χ4n) is 3.20. The molecule has 0 aliphatic carbocycles. The molecule has 28 heavy (non-hydrogen) atoms. The Morgan fingerprint density at radius 1 is 1.18 bits per heavy atom. The van der Waals surface area contributed by atoms with Crippen LogP contribution in [0.1, 0.15) is 27.3 Å². The van der Waals surface area contributed by atoms with Gasteiger partial charge in [-0.05, 0) is 50.1 Å². The number of ether oxygens (including phenoxy) is 1. The fraction of sp³-hybridized carbons (Fsp3) is 0.273. The zero-order valence-electron chi connectivity index (χ0n) is 16.3. The molecule has 2 N–H and O–H groups in total. The number of carbonyl (C=O) groups excluding carboxylic acids is 1. The molecule has 6 nitrogen and oxygen atoms in total. The molecule has 3 aromatic rings. The monoisotopic (exact) mass is 379 g/mol. The van der Waals surface area contributed by atoms with Crippen molar-refractivity contribution < 1.29 is 14.6 Å². The lowest BCUT2D eigenvalue weighted by Gasteiger charge is -2.17. The molecule has 0 spiro atoms. The third kappa shape index (κ3) is 4.40. The van der Waals surface area contributed by atoms with Crippen LogP contribution in [0.5, 0.6) is 5.75 Å². The second kappa shape index (κ2) is 8.71. The van der Waals surface area contributed by atoms with Crippen LogP contribution in [0.3, 0.4) is 0 Å². The van der Waals surface area contributed by atoms with Crippen molar-refractivity contribution in [2.45, 2.75) is 26.3 Å². The van der Waals surface area contributed by atoms with Crippen molar-refractivity contribution in [1.29, 1.82) is 0 Å². The first-order chi connectivity index (χ1) is 13.5. The van der Waals surface area contributed by atoms with Crippen LogP contribution in [-0.4, -0.2) is 40.6 Å². The molecule has 2 aromatic carbocycles. The molecule has 0 saturated carbocycles. The van der Waals surface area contributed by atoms with E-state index in [2.05, 4.69) is 10.4 Å². The average molecular weight is 379 g/mol. The van der Waals surface area contributed by atoms with Gasteiger partial charge < -0.3 is 15.2 Å². The Bertz CT molecular complexity index is 951. The molecule has 3 rings (SSSR count). The number of hydrogen-bond acceptors (Lipinski definition) is 4. The van der Waals surface area contributed by atoms with E-state index in [0.717, 1.165) is 17.0 Å². The first-order valence-electron chi connectivity index (χ1n) is 9.19. The van der Waals surface area contributed by atoms with Gasteiger partial charge in [0, 0.05) is 11.3 Å². The van der Waals surface area contributed by atoms with Crippen LogP contribution in [0.4, 0.5) is 0 Å². The summed E-state index contributed by atoms with van der Waals surface area (Å²) in [6.07, 6.45) is 0.559. The Morgan fingerprint density at radius 3 is 2.54 bits per heavy atom. The third-order valence-electron chi connectivity index (χ3n) is 4.56. The number of aliphatic hydroxyl groups excluding tert-OH is 1. The van der Waals surface area contributed by atoms with Gasteiger partial charge in [-0.3, -0.25) is 4.79 Å². The Hall–Kier alpha value is -3.12. The zero-order valence-corrected chi connectivity index (χ0v) is 16.3. The summed E-state index contributed by atoms with van der Waals surface area (Å²) < 4.78 is 7.21. The summed E-state index contributed by atoms with van der Waals surface area (Å²) in [5.41, 5.74) is 4.07. The van der Waals surface area contributed by atoms with E-state index in [0.29, 0.717) is 23.4 Å². The Morgan fingerprint density at radius 2 is 1.93 bits per heavy atom. The van der Waals surface area contributed by atoms with E-state index in [1.165, 1.54) is 0 Å². The molecule has 0 bridgehead atoms. The van der Waals surface area contributed by atoms with Crippen molar-refractivity contribution in [2.75, 3.05) is 13.7 Å². The van der Waals surface area contributed by atoms with Gasteiger partial charge in [0.1, 0.15) is 11.4 Å². The zero-order chi connectivity index (χ0) is 20.1. The highest BCUT2D eigenvalue weighted by Gasteiger charge is 2.17. The van der Waals surface area contributed by atoms with E-state index >= 15 is 0 Å². The maximum absolute atomic E-state index is 12.8. The molecule has 0 saturated heterocycles. The Balaban J connectivity index is 1.83. The molecule has 1 amide bonds. The van der Waals surface area contributed by atoms with E-state index in [1.807, 2.05) is 50.2 Å². The van der Waals surface area contributed by atoms with Crippen LogP contribution in [0.15, 0.2) is 54.6 Å². The molecule has 1 atom stereocenters. The van der Waals surface area contributed by atoms with Gasteiger partial charge in [-0.25, -0.2) is 4.68 Å². The molecule has 1 aromatic heterocycles. The normalized spacial score (nSPS) is 11.9. The number of carbonyl (C=O) groups is 1. The standard InChI is InChI=1S/C22H25N3O3/c1-15-11-16(2)25(24-15)20-13-18(9-10-21(20)28-3)22(27)23-19(14-26)12-17-7-5-4-6-8-17/h4-11,13,19,26H,12,14H2,1-3H3,(H,23,27). The molecule has 0 aliphatic heterocycles. The van der Waals surface area contributed by atoms with Gasteiger partial charge in [0.05, 0.1) is 25.5 Å². The SMILES string of the molecule is COc1ccc(C(=O)NC(CO)Cc2ccccc2)cc1-n1nc(C)cc1C. The van der Waals surface area contributed by atoms with Crippen molar-refractivity contribution in [2.24, 2.45) is 0 Å². The minimum Gasteiger partial charge on any atom is -0.494 e. The van der Waals surface area contributed by atoms with Gasteiger partial charge in [0.25, 0.3) is 5.91 Å². The minimum absolute atomic E-state index is 0.138. The van der Waals surface area contributed by atoms with E-state index in [1.54, 1.807) is 30.0 Å². The second-order valence-electron chi connectivity index (χ2n) is 6.77. The molecule has 1 heterocycles. The molecular formula is C22H25N3O3. The maximum Gasteiger partial charge on any atom is 0.251 e. The van der Waals surface area contributed by atoms with E-state index < -0.39 is 0 Å². The number of rotatable bonds is 7. The first kappa shape index (κ1) is 19.6. The van der Waals surface area contributed by atoms with E-state index in [-0.39, 0.29) is 18.6 Å². The fourth-order valence-corrected chi connectivity index (χ4v) is 3.20. The summed E-state index contributed by atoms with van der Waals surface area (Å²) in [6.45, 7) is 3.73. The van der Waals surface area contributed by atoms with Gasteiger partial charge in [0.15, 0.2) is 0 Å². The van der Waals surface area contributed by atoms with Gasteiger partial charge in [-0.15, -0.1) is 0 Å². The lowest BCUT2D eigenvalue weighted by molar-refractivity contribution is 0.0916. The molecule has 1 unspecified atom stereocenters. The third-order valence-corrected chi connectivity index (χ3v) is 4.56. The van der Waals surface area contributed by atoms with Crippen LogP contribution in [0.25, 0.3) is 5.69 Å². The summed E-state index contributed by atoms with van der Waals surface area (Å²) in [4.78, 5) is 12.8. The molecule has 6 heteroatoms. The topological polar surface area (TPSA) is 76.4 Å². The minimum atomic E-state index is -0.367. The molecule has 146 valence electrons. The van der Waals surface area contributed by atoms with Crippen LogP contribution < -0.4 is 10.1 Å². The predicted molar refractivity (Wildman–Crippen MR) is 108 cm³/mol. The number of methoxy groups -OCH3 is 1. The maximum atomic E-state index is 12.8. The number of hydrogen-bond donors (Lipinski definition) is 2. The van der Waals surface area contributed by atoms with Crippen molar-refractivity contribution in [3.05, 3.63) is 77.1 Å². The van der Waals surface area contributed by atoms with Gasteiger partial charge in [0.2, 0.25) is 0 Å². The van der Waals surface area contributed by atoms with E-state index in [4.69, 9.17) is 4.74 Å². The quantitative estimate of drug-likeness (QED) is 0.662. The summed E-state index contributed by atoms with van der Waals surface area (Å²) in [5, 5.41) is 17.1. The van der Waals surface area contributed by atoms with Crippen molar-refractivity contribution in [3.8, 4) is 11.4 Å². The van der Waals surface area contributed by atoms with Crippen molar-refractivity contribution in [3.63, 3.8) is 0 Å². The number of nitrogens with one attached hydrogen (secondary N) is 1. The van der Waals surface area contributed by atoms with E-state index in [9.17, 15) is 9.90 Å². The summed E-state index contributed by atoms with van der Waals surface area (Å²) in [6, 6.07) is 16.6. The number of nitrogens with zero attached hydrogens (tertiary/aromatic N) is 2. The second-order valence-corrected chi connectivity index (χ2v) is 6.77. The highest BCUT2D eigenvalue weighted by Crippen LogP contribution is 2.25. The van der Waals surface area contributed by atoms with Crippen molar-refractivity contribution >= 4 is 5.91 Å². The molecule has 0 radical (unpaired) electrons. The first-order valence-corrected chi connectivity index (χ1v) is 9.19. The van der Waals surface area contributed by atoms with Gasteiger partial charge in [-0.2, -0.15) is 5.10 Å². The number of amides is 1. The highest BCUT2D eigenvalue weighted by atomic mass is 16.5. The lowest BCUT2D eigenvalue weighted by atomic mass is 10.1. The van der Waals surface area contributed by atoms with Crippen LogP contribution in [0.2, 0.25) is 0 Å². The van der Waals surface area contributed by atoms with Crippen LogP contribution >= 0.6 is 0 Å². The summed E-state index contributed by atoms with van der Waals surface area (Å²) in [7, 11) is 1.59. The smallest absolute Gasteiger partial charge is 0.251 e.